The largest absolute Gasteiger partial charge is 0.417 e. The first kappa shape index (κ1) is 18.4. The maximum absolute atomic E-state index is 12.0. The Labute approximate surface area is 132 Å². The van der Waals surface area contributed by atoms with Crippen LogP contribution >= 0.6 is 11.6 Å². The first-order chi connectivity index (χ1) is 10.6. The number of hydrogen-bond acceptors (Lipinski definition) is 4. The predicted molar refractivity (Wildman–Crippen MR) is 76.2 cm³/mol. The second-order valence-electron chi connectivity index (χ2n) is 3.98. The second-order valence-corrected chi connectivity index (χ2v) is 4.39. The lowest BCUT2D eigenvalue weighted by molar-refractivity contribution is -0.422. The van der Waals surface area contributed by atoms with E-state index in [9.17, 15) is 33.4 Å². The molecule has 0 saturated heterocycles. The van der Waals surface area contributed by atoms with Gasteiger partial charge in [0.2, 0.25) is 0 Å². The number of nitrogens with zero attached hydrogens (tertiary/aromatic N) is 2. The molecule has 0 bridgehead atoms. The molecule has 0 heterocycles. The minimum atomic E-state index is -4.35. The van der Waals surface area contributed by atoms with Crippen molar-refractivity contribution < 1.29 is 23.0 Å². The highest BCUT2D eigenvalue weighted by atomic mass is 35.5. The highest BCUT2D eigenvalue weighted by molar-refractivity contribution is 6.31. The van der Waals surface area contributed by atoms with Gasteiger partial charge in [0.1, 0.15) is 0 Å². The number of nitro benzene ring substituents is 2. The first-order valence-electron chi connectivity index (χ1n) is 5.84. The van der Waals surface area contributed by atoms with Gasteiger partial charge in [-0.15, -0.1) is 0 Å². The lowest BCUT2D eigenvalue weighted by Gasteiger charge is -2.06. The standard InChI is InChI=1S/C7H4ClF3.C6H4N2O4/c8-6-4-2-1-3-5(6)7(9,10)11;9-7(10)5-3-1-2-4-6(5)8(11)12/h1-4H;1-4H. The van der Waals surface area contributed by atoms with Crippen molar-refractivity contribution in [1.29, 1.82) is 0 Å². The molecule has 0 unspecified atom stereocenters. The van der Waals surface area contributed by atoms with Gasteiger partial charge in [-0.1, -0.05) is 35.9 Å². The van der Waals surface area contributed by atoms with Crippen molar-refractivity contribution in [2.24, 2.45) is 0 Å². The fourth-order valence-corrected chi connectivity index (χ4v) is 1.71. The molecule has 122 valence electrons. The Balaban J connectivity index is 0.000000231. The van der Waals surface area contributed by atoms with Crippen LogP contribution in [-0.2, 0) is 6.18 Å². The first-order valence-corrected chi connectivity index (χ1v) is 6.22. The van der Waals surface area contributed by atoms with Gasteiger partial charge in [0, 0.05) is 12.1 Å². The molecular weight excluding hydrogens is 341 g/mol. The Morgan fingerprint density at radius 2 is 1.22 bits per heavy atom. The summed E-state index contributed by atoms with van der Waals surface area (Å²) in [6, 6.07) is 9.87. The van der Waals surface area contributed by atoms with Gasteiger partial charge in [-0.25, -0.2) is 0 Å². The van der Waals surface area contributed by atoms with E-state index >= 15 is 0 Å². The zero-order chi connectivity index (χ0) is 17.6. The Hall–Kier alpha value is -2.68. The Kier molecular flexibility index (Phi) is 6.02. The molecule has 0 aliphatic carbocycles. The summed E-state index contributed by atoms with van der Waals surface area (Å²) in [5, 5.41) is 20.2. The zero-order valence-corrected chi connectivity index (χ0v) is 11.9. The molecule has 0 fully saturated rings. The number of hydrogen-bond donors (Lipinski definition) is 0. The van der Waals surface area contributed by atoms with Crippen LogP contribution < -0.4 is 0 Å². The van der Waals surface area contributed by atoms with Crippen LogP contribution in [0, 0.1) is 20.2 Å². The quantitative estimate of drug-likeness (QED) is 0.572. The molecule has 23 heavy (non-hydrogen) atoms. The normalized spacial score (nSPS) is 10.4. The van der Waals surface area contributed by atoms with Crippen molar-refractivity contribution in [1.82, 2.24) is 0 Å². The van der Waals surface area contributed by atoms with Crippen LogP contribution in [0.5, 0.6) is 0 Å². The average molecular weight is 349 g/mol. The van der Waals surface area contributed by atoms with Gasteiger partial charge in [0.15, 0.2) is 0 Å². The summed E-state index contributed by atoms with van der Waals surface area (Å²) >= 11 is 5.29. The fourth-order valence-electron chi connectivity index (χ4n) is 1.46. The number of benzene rings is 2. The molecule has 2 aromatic carbocycles. The van der Waals surface area contributed by atoms with Crippen LogP contribution in [0.25, 0.3) is 0 Å². The van der Waals surface area contributed by atoms with Gasteiger partial charge in [-0.05, 0) is 12.1 Å². The third-order valence-electron chi connectivity index (χ3n) is 2.45. The fraction of sp³-hybridized carbons (Fsp3) is 0.0769. The van der Waals surface area contributed by atoms with Crippen LogP contribution in [0.15, 0.2) is 48.5 Å². The van der Waals surface area contributed by atoms with Gasteiger partial charge in [0.25, 0.3) is 0 Å². The van der Waals surface area contributed by atoms with E-state index in [1.165, 1.54) is 30.3 Å². The van der Waals surface area contributed by atoms with Gasteiger partial charge in [-0.3, -0.25) is 20.2 Å². The van der Waals surface area contributed by atoms with E-state index in [0.717, 1.165) is 18.2 Å². The Bertz CT molecular complexity index is 689. The van der Waals surface area contributed by atoms with Gasteiger partial charge < -0.3 is 0 Å². The van der Waals surface area contributed by atoms with Gasteiger partial charge >= 0.3 is 17.6 Å². The van der Waals surface area contributed by atoms with Crippen LogP contribution in [0.3, 0.4) is 0 Å². The van der Waals surface area contributed by atoms with Crippen molar-refractivity contribution in [3.8, 4) is 0 Å². The molecule has 0 amide bonds. The van der Waals surface area contributed by atoms with E-state index in [4.69, 9.17) is 11.6 Å². The summed E-state index contributed by atoms with van der Waals surface area (Å²) in [6.07, 6.45) is -4.35. The zero-order valence-electron chi connectivity index (χ0n) is 11.2. The van der Waals surface area contributed by atoms with Crippen LogP contribution in [0.2, 0.25) is 5.02 Å². The van der Waals surface area contributed by atoms with E-state index in [1.54, 1.807) is 0 Å². The van der Waals surface area contributed by atoms with Crippen molar-refractivity contribution in [3.05, 3.63) is 79.3 Å². The summed E-state index contributed by atoms with van der Waals surface area (Å²) in [7, 11) is 0. The smallest absolute Gasteiger partial charge is 0.258 e. The number of para-hydroxylation sites is 2. The number of alkyl halides is 3. The third kappa shape index (κ3) is 5.22. The van der Waals surface area contributed by atoms with Crippen molar-refractivity contribution in [2.75, 3.05) is 0 Å². The summed E-state index contributed by atoms with van der Waals surface area (Å²) in [4.78, 5) is 18.9. The molecule has 2 aromatic rings. The SMILES string of the molecule is FC(F)(F)c1ccccc1Cl.O=[N+]([O-])c1ccccc1[N+](=O)[O-]. The van der Waals surface area contributed by atoms with Crippen molar-refractivity contribution in [2.45, 2.75) is 6.18 Å². The molecule has 0 aliphatic heterocycles. The third-order valence-corrected chi connectivity index (χ3v) is 2.78. The maximum Gasteiger partial charge on any atom is 0.417 e. The molecule has 6 nitrogen and oxygen atoms in total. The summed E-state index contributed by atoms with van der Waals surface area (Å²) in [6.45, 7) is 0. The molecule has 0 spiro atoms. The second kappa shape index (κ2) is 7.54. The van der Waals surface area contributed by atoms with Crippen LogP contribution in [0.1, 0.15) is 5.56 Å². The monoisotopic (exact) mass is 348 g/mol. The Morgan fingerprint density at radius 3 is 1.52 bits per heavy atom. The molecule has 0 aliphatic rings. The van der Waals surface area contributed by atoms with Gasteiger partial charge in [-0.2, -0.15) is 13.2 Å². The Morgan fingerprint density at radius 1 is 0.826 bits per heavy atom. The molecule has 2 rings (SSSR count). The highest BCUT2D eigenvalue weighted by Crippen LogP contribution is 2.33. The molecule has 0 radical (unpaired) electrons. The van der Waals surface area contributed by atoms with E-state index < -0.39 is 33.0 Å². The maximum atomic E-state index is 12.0. The van der Waals surface area contributed by atoms with Crippen molar-refractivity contribution in [3.63, 3.8) is 0 Å². The predicted octanol–water partition coefficient (Wildman–Crippen LogP) is 4.86. The summed E-state index contributed by atoms with van der Waals surface area (Å²) in [5.41, 5.74) is -1.76. The average Bonchev–Trinajstić information content (AvgIpc) is 2.47. The molecule has 0 N–H and O–H groups in total. The molecule has 0 aromatic heterocycles. The minimum Gasteiger partial charge on any atom is -0.258 e. The number of nitro groups is 2. The van der Waals surface area contributed by atoms with E-state index in [1.807, 2.05) is 0 Å². The molecule has 0 atom stereocenters. The highest BCUT2D eigenvalue weighted by Gasteiger charge is 2.32. The van der Waals surface area contributed by atoms with Crippen molar-refractivity contribution >= 4 is 23.0 Å². The molecule has 0 saturated carbocycles. The van der Waals surface area contributed by atoms with Crippen LogP contribution in [-0.4, -0.2) is 9.85 Å². The molecule has 10 heteroatoms. The molecular formula is C13H8ClF3N2O4. The van der Waals surface area contributed by atoms with E-state index in [2.05, 4.69) is 0 Å². The van der Waals surface area contributed by atoms with E-state index in [0.29, 0.717) is 0 Å². The number of rotatable bonds is 2. The summed E-state index contributed by atoms with van der Waals surface area (Å²) < 4.78 is 35.9. The topological polar surface area (TPSA) is 86.3 Å². The summed E-state index contributed by atoms with van der Waals surface area (Å²) in [5.74, 6) is 0. The number of halogens is 4. The minimum absolute atomic E-state index is 0.264. The van der Waals surface area contributed by atoms with Gasteiger partial charge in [0.05, 0.1) is 20.4 Å². The van der Waals surface area contributed by atoms with E-state index in [-0.39, 0.29) is 5.02 Å². The lowest BCUT2D eigenvalue weighted by Crippen LogP contribution is -2.04. The van der Waals surface area contributed by atoms with Crippen LogP contribution in [0.4, 0.5) is 24.5 Å². The lowest BCUT2D eigenvalue weighted by atomic mass is 10.2.